The molecule has 0 radical (unpaired) electrons. The van der Waals surface area contributed by atoms with Gasteiger partial charge in [-0.05, 0) is 39.0 Å². The maximum absolute atomic E-state index is 5.07. The summed E-state index contributed by atoms with van der Waals surface area (Å²) < 4.78 is 5.07. The van der Waals surface area contributed by atoms with E-state index < -0.39 is 0 Å². The van der Waals surface area contributed by atoms with E-state index in [0.717, 1.165) is 18.9 Å². The van der Waals surface area contributed by atoms with E-state index in [1.165, 1.54) is 6.42 Å². The SMILES string of the molecule is CCOSCCCNC. The van der Waals surface area contributed by atoms with Gasteiger partial charge in [-0.3, -0.25) is 0 Å². The molecule has 0 aromatic heterocycles. The molecule has 0 aliphatic heterocycles. The van der Waals surface area contributed by atoms with Gasteiger partial charge < -0.3 is 9.50 Å². The van der Waals surface area contributed by atoms with Crippen molar-refractivity contribution < 1.29 is 4.18 Å². The van der Waals surface area contributed by atoms with Gasteiger partial charge in [-0.1, -0.05) is 0 Å². The molecule has 0 unspecified atom stereocenters. The summed E-state index contributed by atoms with van der Waals surface area (Å²) in [5, 5.41) is 3.08. The van der Waals surface area contributed by atoms with Gasteiger partial charge in [0.15, 0.2) is 0 Å². The molecule has 9 heavy (non-hydrogen) atoms. The van der Waals surface area contributed by atoms with Crippen molar-refractivity contribution in [3.05, 3.63) is 0 Å². The van der Waals surface area contributed by atoms with Crippen LogP contribution in [0.3, 0.4) is 0 Å². The van der Waals surface area contributed by atoms with Crippen molar-refractivity contribution >= 4 is 12.0 Å². The molecule has 3 heteroatoms. The van der Waals surface area contributed by atoms with Crippen molar-refractivity contribution in [2.24, 2.45) is 0 Å². The van der Waals surface area contributed by atoms with Crippen LogP contribution < -0.4 is 5.32 Å². The summed E-state index contributed by atoms with van der Waals surface area (Å²) in [5.74, 6) is 1.09. The second-order valence-corrected chi connectivity index (χ2v) is 2.57. The van der Waals surface area contributed by atoms with Crippen molar-refractivity contribution in [3.63, 3.8) is 0 Å². The van der Waals surface area contributed by atoms with Gasteiger partial charge in [0.2, 0.25) is 0 Å². The first-order valence-electron chi connectivity index (χ1n) is 3.30. The van der Waals surface area contributed by atoms with E-state index in [4.69, 9.17) is 4.18 Å². The van der Waals surface area contributed by atoms with Crippen molar-refractivity contribution in [1.29, 1.82) is 0 Å². The number of rotatable bonds is 6. The molecule has 0 heterocycles. The Balaban J connectivity index is 2.60. The Bertz CT molecular complexity index is 46.3. The predicted molar refractivity (Wildman–Crippen MR) is 42.6 cm³/mol. The van der Waals surface area contributed by atoms with Gasteiger partial charge in [-0.25, -0.2) is 0 Å². The van der Waals surface area contributed by atoms with Crippen LogP contribution in [-0.2, 0) is 4.18 Å². The quantitative estimate of drug-likeness (QED) is 0.454. The molecule has 0 saturated carbocycles. The molecule has 0 amide bonds. The fraction of sp³-hybridized carbons (Fsp3) is 1.00. The summed E-state index contributed by atoms with van der Waals surface area (Å²) in [6, 6.07) is 0. The molecule has 0 aliphatic carbocycles. The second-order valence-electron chi connectivity index (χ2n) is 1.69. The van der Waals surface area contributed by atoms with Crippen LogP contribution in [0.2, 0.25) is 0 Å². The average Bonchev–Trinajstić information content (AvgIpc) is 1.89. The number of hydrogen-bond donors (Lipinski definition) is 1. The van der Waals surface area contributed by atoms with Gasteiger partial charge in [0, 0.05) is 5.75 Å². The van der Waals surface area contributed by atoms with E-state index in [2.05, 4.69) is 5.32 Å². The Kier molecular flexibility index (Phi) is 8.52. The lowest BCUT2D eigenvalue weighted by molar-refractivity contribution is 0.401. The molecule has 0 aromatic carbocycles. The third kappa shape index (κ3) is 8.27. The first-order valence-corrected chi connectivity index (χ1v) is 4.22. The predicted octanol–water partition coefficient (Wildman–Crippen LogP) is 1.28. The Hall–Kier alpha value is 0.270. The zero-order valence-electron chi connectivity index (χ0n) is 6.14. The van der Waals surface area contributed by atoms with Crippen LogP contribution >= 0.6 is 12.0 Å². The standard InChI is InChI=1S/C6H15NOS/c1-3-8-9-6-4-5-7-2/h7H,3-6H2,1-2H3. The van der Waals surface area contributed by atoms with Crippen LogP contribution in [-0.4, -0.2) is 26.0 Å². The third-order valence-electron chi connectivity index (χ3n) is 0.856. The number of nitrogens with one attached hydrogen (secondary N) is 1. The highest BCUT2D eigenvalue weighted by Crippen LogP contribution is 2.02. The van der Waals surface area contributed by atoms with Crippen LogP contribution in [0.25, 0.3) is 0 Å². The van der Waals surface area contributed by atoms with E-state index >= 15 is 0 Å². The lowest BCUT2D eigenvalue weighted by atomic mass is 10.5. The molecule has 0 rings (SSSR count). The Morgan fingerprint density at radius 3 is 2.89 bits per heavy atom. The zero-order chi connectivity index (χ0) is 6.95. The van der Waals surface area contributed by atoms with Crippen LogP contribution in [0.1, 0.15) is 13.3 Å². The van der Waals surface area contributed by atoms with Gasteiger partial charge in [0.05, 0.1) is 6.61 Å². The van der Waals surface area contributed by atoms with Crippen molar-refractivity contribution in [2.45, 2.75) is 13.3 Å². The first kappa shape index (κ1) is 9.27. The molecule has 0 spiro atoms. The van der Waals surface area contributed by atoms with E-state index in [1.54, 1.807) is 12.0 Å². The van der Waals surface area contributed by atoms with E-state index in [9.17, 15) is 0 Å². The maximum Gasteiger partial charge on any atom is 0.0585 e. The Labute approximate surface area is 61.6 Å². The minimum Gasteiger partial charge on any atom is -0.320 e. The van der Waals surface area contributed by atoms with E-state index in [1.807, 2.05) is 14.0 Å². The molecule has 2 nitrogen and oxygen atoms in total. The Morgan fingerprint density at radius 2 is 2.33 bits per heavy atom. The molecule has 0 aliphatic rings. The topological polar surface area (TPSA) is 21.3 Å². The molecule has 56 valence electrons. The maximum atomic E-state index is 5.07. The van der Waals surface area contributed by atoms with Crippen molar-refractivity contribution in [3.8, 4) is 0 Å². The highest BCUT2D eigenvalue weighted by Gasteiger charge is 1.85. The normalized spacial score (nSPS) is 10.0. The minimum atomic E-state index is 0.810. The van der Waals surface area contributed by atoms with Crippen LogP contribution in [0.4, 0.5) is 0 Å². The van der Waals surface area contributed by atoms with Crippen LogP contribution in [0.15, 0.2) is 0 Å². The largest absolute Gasteiger partial charge is 0.320 e. The summed E-state index contributed by atoms with van der Waals surface area (Å²) in [4.78, 5) is 0. The average molecular weight is 149 g/mol. The highest BCUT2D eigenvalue weighted by atomic mass is 32.2. The van der Waals surface area contributed by atoms with Crippen molar-refractivity contribution in [2.75, 3.05) is 26.0 Å². The lowest BCUT2D eigenvalue weighted by Gasteiger charge is -1.98. The zero-order valence-corrected chi connectivity index (χ0v) is 6.96. The summed E-state index contributed by atoms with van der Waals surface area (Å²) >= 11 is 1.55. The third-order valence-corrected chi connectivity index (χ3v) is 1.71. The summed E-state index contributed by atoms with van der Waals surface area (Å²) in [6.07, 6.45) is 1.18. The van der Waals surface area contributed by atoms with E-state index in [-0.39, 0.29) is 0 Å². The minimum absolute atomic E-state index is 0.810. The summed E-state index contributed by atoms with van der Waals surface area (Å²) in [7, 11) is 1.96. The molecule has 0 fully saturated rings. The van der Waals surface area contributed by atoms with Crippen LogP contribution in [0, 0.1) is 0 Å². The van der Waals surface area contributed by atoms with Gasteiger partial charge >= 0.3 is 0 Å². The van der Waals surface area contributed by atoms with E-state index in [0.29, 0.717) is 0 Å². The lowest BCUT2D eigenvalue weighted by Crippen LogP contribution is -2.08. The fourth-order valence-corrected chi connectivity index (χ4v) is 0.997. The second kappa shape index (κ2) is 8.27. The molecular weight excluding hydrogens is 134 g/mol. The van der Waals surface area contributed by atoms with Crippen LogP contribution in [0.5, 0.6) is 0 Å². The van der Waals surface area contributed by atoms with Gasteiger partial charge in [-0.15, -0.1) is 0 Å². The molecule has 1 N–H and O–H groups in total. The summed E-state index contributed by atoms with van der Waals surface area (Å²) in [6.45, 7) is 3.90. The molecule has 0 atom stereocenters. The smallest absolute Gasteiger partial charge is 0.0585 e. The van der Waals surface area contributed by atoms with Gasteiger partial charge in [0.1, 0.15) is 0 Å². The summed E-state index contributed by atoms with van der Waals surface area (Å²) in [5.41, 5.74) is 0. The van der Waals surface area contributed by atoms with Gasteiger partial charge in [0.25, 0.3) is 0 Å². The van der Waals surface area contributed by atoms with Crippen molar-refractivity contribution in [1.82, 2.24) is 5.32 Å². The molecular formula is C6H15NOS. The monoisotopic (exact) mass is 149 g/mol. The molecule has 0 saturated heterocycles. The molecule has 0 aromatic rings. The fourth-order valence-electron chi connectivity index (χ4n) is 0.450. The first-order chi connectivity index (χ1) is 4.41. The highest BCUT2D eigenvalue weighted by molar-refractivity contribution is 7.94. The molecule has 0 bridgehead atoms. The Morgan fingerprint density at radius 1 is 1.56 bits per heavy atom. The van der Waals surface area contributed by atoms with Gasteiger partial charge in [-0.2, -0.15) is 0 Å². The number of hydrogen-bond acceptors (Lipinski definition) is 3.